The van der Waals surface area contributed by atoms with E-state index in [0.717, 1.165) is 18.4 Å². The van der Waals surface area contributed by atoms with Gasteiger partial charge < -0.3 is 15.8 Å². The lowest BCUT2D eigenvalue weighted by molar-refractivity contribution is -0.123. The summed E-state index contributed by atoms with van der Waals surface area (Å²) in [4.78, 5) is 11.5. The molecule has 0 bridgehead atoms. The molecule has 0 heterocycles. The zero-order valence-electron chi connectivity index (χ0n) is 11.1. The van der Waals surface area contributed by atoms with Crippen LogP contribution in [0.25, 0.3) is 0 Å². The van der Waals surface area contributed by atoms with Crippen LogP contribution in [0.5, 0.6) is 5.75 Å². The minimum absolute atomic E-state index is 0.0352. The molecular formula is C14H22N2O2. The van der Waals surface area contributed by atoms with Crippen LogP contribution < -0.4 is 15.8 Å². The molecule has 0 fully saturated rings. The van der Waals surface area contributed by atoms with E-state index in [2.05, 4.69) is 5.32 Å². The predicted octanol–water partition coefficient (Wildman–Crippen LogP) is 2.00. The summed E-state index contributed by atoms with van der Waals surface area (Å²) in [5.41, 5.74) is 6.95. The van der Waals surface area contributed by atoms with Gasteiger partial charge in [-0.05, 0) is 18.9 Å². The van der Waals surface area contributed by atoms with Gasteiger partial charge in [-0.15, -0.1) is 0 Å². The van der Waals surface area contributed by atoms with E-state index >= 15 is 0 Å². The highest BCUT2D eigenvalue weighted by atomic mass is 16.5. The van der Waals surface area contributed by atoms with Crippen molar-refractivity contribution in [3.05, 3.63) is 29.8 Å². The first kappa shape index (κ1) is 14.5. The Morgan fingerprint density at radius 2 is 2.11 bits per heavy atom. The third-order valence-electron chi connectivity index (χ3n) is 2.69. The van der Waals surface area contributed by atoms with Crippen molar-refractivity contribution in [2.24, 2.45) is 5.73 Å². The Morgan fingerprint density at radius 1 is 1.39 bits per heavy atom. The van der Waals surface area contributed by atoms with Crippen LogP contribution >= 0.6 is 0 Å². The first-order valence-corrected chi connectivity index (χ1v) is 6.43. The molecule has 0 aliphatic rings. The van der Waals surface area contributed by atoms with Gasteiger partial charge in [0.05, 0.1) is 0 Å². The number of rotatable bonds is 7. The molecule has 0 saturated carbocycles. The fraction of sp³-hybridized carbons (Fsp3) is 0.500. The number of para-hydroxylation sites is 1. The fourth-order valence-electron chi connectivity index (χ4n) is 1.60. The highest BCUT2D eigenvalue weighted by Gasteiger charge is 2.10. The van der Waals surface area contributed by atoms with Gasteiger partial charge >= 0.3 is 0 Å². The van der Waals surface area contributed by atoms with Crippen LogP contribution in [-0.4, -0.2) is 19.1 Å². The second-order valence-electron chi connectivity index (χ2n) is 4.19. The summed E-state index contributed by atoms with van der Waals surface area (Å²) in [5.74, 6) is 0.593. The Kier molecular flexibility index (Phi) is 6.22. The van der Waals surface area contributed by atoms with Crippen molar-refractivity contribution in [2.75, 3.05) is 13.2 Å². The molecule has 1 atom stereocenters. The lowest BCUT2D eigenvalue weighted by atomic mass is 10.0. The van der Waals surface area contributed by atoms with Crippen LogP contribution in [0.4, 0.5) is 0 Å². The molecule has 0 aliphatic carbocycles. The summed E-state index contributed by atoms with van der Waals surface area (Å²) in [7, 11) is 0. The van der Waals surface area contributed by atoms with Gasteiger partial charge in [0.15, 0.2) is 6.61 Å². The number of carbonyl (C=O) groups is 1. The van der Waals surface area contributed by atoms with Crippen LogP contribution in [-0.2, 0) is 4.79 Å². The topological polar surface area (TPSA) is 64.3 Å². The molecule has 18 heavy (non-hydrogen) atoms. The van der Waals surface area contributed by atoms with Crippen molar-refractivity contribution in [2.45, 2.75) is 32.7 Å². The molecule has 1 aromatic carbocycles. The normalized spacial score (nSPS) is 11.9. The minimum atomic E-state index is -0.100. The highest BCUT2D eigenvalue weighted by Crippen LogP contribution is 2.25. The first-order valence-electron chi connectivity index (χ1n) is 6.43. The van der Waals surface area contributed by atoms with Crippen LogP contribution in [0.3, 0.4) is 0 Å². The number of ether oxygens (including phenoxy) is 1. The van der Waals surface area contributed by atoms with Crippen LogP contribution in [0.15, 0.2) is 24.3 Å². The lowest BCUT2D eigenvalue weighted by Gasteiger charge is -2.15. The Bertz CT molecular complexity index is 380. The summed E-state index contributed by atoms with van der Waals surface area (Å²) in [6.07, 6.45) is 1.76. The number of nitrogens with one attached hydrogen (secondary N) is 1. The molecule has 100 valence electrons. The number of benzene rings is 1. The number of hydrogen-bond acceptors (Lipinski definition) is 3. The quantitative estimate of drug-likeness (QED) is 0.778. The molecule has 0 unspecified atom stereocenters. The second kappa shape index (κ2) is 7.71. The molecule has 0 radical (unpaired) electrons. The average molecular weight is 250 g/mol. The molecule has 3 N–H and O–H groups in total. The Morgan fingerprint density at radius 3 is 2.78 bits per heavy atom. The molecule has 1 aromatic rings. The van der Waals surface area contributed by atoms with Gasteiger partial charge in [0.2, 0.25) is 0 Å². The summed E-state index contributed by atoms with van der Waals surface area (Å²) >= 11 is 0. The van der Waals surface area contributed by atoms with E-state index < -0.39 is 0 Å². The van der Waals surface area contributed by atoms with Gasteiger partial charge in [-0.2, -0.15) is 0 Å². The van der Waals surface area contributed by atoms with Gasteiger partial charge in [-0.1, -0.05) is 32.0 Å². The molecule has 1 rings (SSSR count). The molecule has 0 aromatic heterocycles. The van der Waals surface area contributed by atoms with E-state index in [4.69, 9.17) is 10.5 Å². The van der Waals surface area contributed by atoms with Crippen molar-refractivity contribution >= 4 is 5.91 Å². The third-order valence-corrected chi connectivity index (χ3v) is 2.69. The molecule has 4 nitrogen and oxygen atoms in total. The molecule has 4 heteroatoms. The lowest BCUT2D eigenvalue weighted by Crippen LogP contribution is -2.29. The number of hydrogen-bond donors (Lipinski definition) is 2. The van der Waals surface area contributed by atoms with Crippen molar-refractivity contribution in [3.8, 4) is 5.75 Å². The van der Waals surface area contributed by atoms with Gasteiger partial charge in [-0.25, -0.2) is 0 Å². The van der Waals surface area contributed by atoms with E-state index in [0.29, 0.717) is 12.3 Å². The molecule has 0 spiro atoms. The maximum absolute atomic E-state index is 11.5. The number of amides is 1. The summed E-state index contributed by atoms with van der Waals surface area (Å²) in [5, 5.41) is 2.77. The van der Waals surface area contributed by atoms with Crippen LogP contribution in [0, 0.1) is 0 Å². The average Bonchev–Trinajstić information content (AvgIpc) is 2.42. The van der Waals surface area contributed by atoms with E-state index in [1.54, 1.807) is 0 Å². The summed E-state index contributed by atoms with van der Waals surface area (Å²) in [6, 6.07) is 7.53. The number of carbonyl (C=O) groups excluding carboxylic acids is 1. The van der Waals surface area contributed by atoms with Crippen LogP contribution in [0.1, 0.15) is 38.3 Å². The number of nitrogens with two attached hydrogens (primary N) is 1. The Balaban J connectivity index is 2.59. The largest absolute Gasteiger partial charge is 0.483 e. The highest BCUT2D eigenvalue weighted by molar-refractivity contribution is 5.77. The van der Waals surface area contributed by atoms with E-state index in [1.807, 2.05) is 38.1 Å². The Labute approximate surface area is 109 Å². The minimum Gasteiger partial charge on any atom is -0.483 e. The molecule has 0 aliphatic heterocycles. The van der Waals surface area contributed by atoms with Crippen molar-refractivity contribution < 1.29 is 9.53 Å². The predicted molar refractivity (Wildman–Crippen MR) is 72.5 cm³/mol. The van der Waals surface area contributed by atoms with E-state index in [-0.39, 0.29) is 18.6 Å². The second-order valence-corrected chi connectivity index (χ2v) is 4.19. The van der Waals surface area contributed by atoms with Crippen molar-refractivity contribution in [3.63, 3.8) is 0 Å². The molecule has 0 saturated heterocycles. The first-order chi connectivity index (χ1) is 8.69. The van der Waals surface area contributed by atoms with E-state index in [9.17, 15) is 4.79 Å². The third kappa shape index (κ3) is 4.37. The fourth-order valence-corrected chi connectivity index (χ4v) is 1.60. The summed E-state index contributed by atoms with van der Waals surface area (Å²) < 4.78 is 5.53. The molecular weight excluding hydrogens is 228 g/mol. The Hall–Kier alpha value is -1.55. The van der Waals surface area contributed by atoms with Crippen molar-refractivity contribution in [1.82, 2.24) is 5.32 Å². The molecule has 1 amide bonds. The van der Waals surface area contributed by atoms with Gasteiger partial charge in [0.1, 0.15) is 5.75 Å². The van der Waals surface area contributed by atoms with Gasteiger partial charge in [-0.3, -0.25) is 4.79 Å². The SMILES string of the molecule is CCCNC(=O)COc1ccccc1[C@H](N)CC. The monoisotopic (exact) mass is 250 g/mol. The van der Waals surface area contributed by atoms with Gasteiger partial charge in [0.25, 0.3) is 5.91 Å². The zero-order chi connectivity index (χ0) is 13.4. The standard InChI is InChI=1S/C14H22N2O2/c1-3-9-16-14(17)10-18-13-8-6-5-7-11(13)12(15)4-2/h5-8,12H,3-4,9-10,15H2,1-2H3,(H,16,17)/t12-/m1/s1. The van der Waals surface area contributed by atoms with Gasteiger partial charge in [0, 0.05) is 18.2 Å². The zero-order valence-corrected chi connectivity index (χ0v) is 11.1. The van der Waals surface area contributed by atoms with E-state index in [1.165, 1.54) is 0 Å². The maximum Gasteiger partial charge on any atom is 0.257 e. The van der Waals surface area contributed by atoms with Crippen LogP contribution in [0.2, 0.25) is 0 Å². The maximum atomic E-state index is 11.5. The van der Waals surface area contributed by atoms with Crippen molar-refractivity contribution in [1.29, 1.82) is 0 Å². The smallest absolute Gasteiger partial charge is 0.257 e. The summed E-state index contributed by atoms with van der Waals surface area (Å²) in [6.45, 7) is 4.75.